The quantitative estimate of drug-likeness (QED) is 0.656. The van der Waals surface area contributed by atoms with E-state index in [-0.39, 0.29) is 0 Å². The molecule has 13 heavy (non-hydrogen) atoms. The summed E-state index contributed by atoms with van der Waals surface area (Å²) in [7, 11) is 1.76. The Labute approximate surface area is 86.8 Å². The number of hydrogen-bond donors (Lipinski definition) is 1. The van der Waals surface area contributed by atoms with Gasteiger partial charge in [-0.25, -0.2) is 0 Å². The van der Waals surface area contributed by atoms with E-state index in [0.717, 1.165) is 18.9 Å². The standard InChI is InChI=1S/C10H23NOS/c1-5-6-11-10(7-12-4)8-13-9(2)3/h9-11H,5-8H2,1-4H3. The van der Waals surface area contributed by atoms with Crippen molar-refractivity contribution in [2.24, 2.45) is 0 Å². The van der Waals surface area contributed by atoms with Crippen LogP contribution in [0, 0.1) is 0 Å². The Kier molecular flexibility index (Phi) is 9.03. The summed E-state index contributed by atoms with van der Waals surface area (Å²) in [4.78, 5) is 0. The van der Waals surface area contributed by atoms with Gasteiger partial charge in [0.2, 0.25) is 0 Å². The fourth-order valence-corrected chi connectivity index (χ4v) is 1.86. The second-order valence-corrected chi connectivity index (χ2v) is 5.10. The van der Waals surface area contributed by atoms with Gasteiger partial charge < -0.3 is 10.1 Å². The first-order chi connectivity index (χ1) is 6.20. The Morgan fingerprint density at radius 2 is 2.08 bits per heavy atom. The van der Waals surface area contributed by atoms with Crippen molar-refractivity contribution in [1.82, 2.24) is 5.32 Å². The van der Waals surface area contributed by atoms with Gasteiger partial charge in [0.1, 0.15) is 0 Å². The van der Waals surface area contributed by atoms with Crippen molar-refractivity contribution in [3.05, 3.63) is 0 Å². The monoisotopic (exact) mass is 205 g/mol. The third-order valence-electron chi connectivity index (χ3n) is 1.68. The van der Waals surface area contributed by atoms with E-state index in [2.05, 4.69) is 26.1 Å². The van der Waals surface area contributed by atoms with E-state index in [9.17, 15) is 0 Å². The van der Waals surface area contributed by atoms with Crippen molar-refractivity contribution in [1.29, 1.82) is 0 Å². The van der Waals surface area contributed by atoms with E-state index in [1.165, 1.54) is 6.42 Å². The van der Waals surface area contributed by atoms with Crippen LogP contribution in [0.1, 0.15) is 27.2 Å². The summed E-state index contributed by atoms with van der Waals surface area (Å²) in [5.41, 5.74) is 0. The van der Waals surface area contributed by atoms with Gasteiger partial charge in [-0.1, -0.05) is 20.8 Å². The van der Waals surface area contributed by atoms with Crippen LogP contribution >= 0.6 is 11.8 Å². The molecule has 0 spiro atoms. The van der Waals surface area contributed by atoms with Gasteiger partial charge in [0.05, 0.1) is 6.61 Å². The van der Waals surface area contributed by atoms with Gasteiger partial charge in [0.25, 0.3) is 0 Å². The SMILES string of the molecule is CCCNC(COC)CSC(C)C. The number of ether oxygens (including phenoxy) is 1. The largest absolute Gasteiger partial charge is 0.383 e. The molecule has 1 unspecified atom stereocenters. The molecule has 1 atom stereocenters. The molecule has 2 nitrogen and oxygen atoms in total. The number of methoxy groups -OCH3 is 1. The molecule has 0 fully saturated rings. The third-order valence-corrected chi connectivity index (χ3v) is 2.94. The molecule has 0 bridgehead atoms. The lowest BCUT2D eigenvalue weighted by atomic mass is 10.3. The molecule has 3 heteroatoms. The molecule has 0 aromatic heterocycles. The highest BCUT2D eigenvalue weighted by atomic mass is 32.2. The number of rotatable bonds is 8. The van der Waals surface area contributed by atoms with E-state index in [1.807, 2.05) is 11.8 Å². The van der Waals surface area contributed by atoms with Crippen LogP contribution in [0.2, 0.25) is 0 Å². The lowest BCUT2D eigenvalue weighted by molar-refractivity contribution is 0.174. The van der Waals surface area contributed by atoms with Crippen molar-refractivity contribution >= 4 is 11.8 Å². The Hall–Kier alpha value is 0.270. The fourth-order valence-electron chi connectivity index (χ4n) is 1.02. The molecule has 0 rings (SSSR count). The lowest BCUT2D eigenvalue weighted by Crippen LogP contribution is -2.36. The van der Waals surface area contributed by atoms with Gasteiger partial charge in [-0.15, -0.1) is 0 Å². The summed E-state index contributed by atoms with van der Waals surface area (Å²) < 4.78 is 5.16. The van der Waals surface area contributed by atoms with Crippen LogP contribution in [-0.4, -0.2) is 37.3 Å². The van der Waals surface area contributed by atoms with Gasteiger partial charge in [-0.3, -0.25) is 0 Å². The van der Waals surface area contributed by atoms with Crippen LogP contribution < -0.4 is 5.32 Å². The Morgan fingerprint density at radius 3 is 2.54 bits per heavy atom. The molecule has 0 amide bonds. The predicted octanol–water partition coefficient (Wildman–Crippen LogP) is 2.14. The minimum Gasteiger partial charge on any atom is -0.383 e. The van der Waals surface area contributed by atoms with Crippen molar-refractivity contribution in [3.8, 4) is 0 Å². The van der Waals surface area contributed by atoms with Gasteiger partial charge in [0, 0.05) is 18.9 Å². The first-order valence-electron chi connectivity index (χ1n) is 5.04. The van der Waals surface area contributed by atoms with Crippen LogP contribution in [0.4, 0.5) is 0 Å². The Balaban J connectivity index is 3.53. The molecule has 0 aliphatic carbocycles. The average Bonchev–Trinajstić information content (AvgIpc) is 2.09. The average molecular weight is 205 g/mol. The van der Waals surface area contributed by atoms with Crippen LogP contribution in [0.5, 0.6) is 0 Å². The first kappa shape index (κ1) is 13.3. The van der Waals surface area contributed by atoms with E-state index >= 15 is 0 Å². The van der Waals surface area contributed by atoms with Crippen LogP contribution in [0.15, 0.2) is 0 Å². The first-order valence-corrected chi connectivity index (χ1v) is 6.09. The molecular formula is C10H23NOS. The fraction of sp³-hybridized carbons (Fsp3) is 1.00. The zero-order valence-corrected chi connectivity index (χ0v) is 10.1. The summed E-state index contributed by atoms with van der Waals surface area (Å²) in [5, 5.41) is 4.19. The van der Waals surface area contributed by atoms with Crippen molar-refractivity contribution < 1.29 is 4.74 Å². The maximum absolute atomic E-state index is 5.16. The van der Waals surface area contributed by atoms with Gasteiger partial charge in [0.15, 0.2) is 0 Å². The molecule has 0 saturated heterocycles. The molecule has 0 saturated carbocycles. The van der Waals surface area contributed by atoms with Crippen LogP contribution in [0.25, 0.3) is 0 Å². The summed E-state index contributed by atoms with van der Waals surface area (Å²) in [5.74, 6) is 1.14. The minimum absolute atomic E-state index is 0.511. The third kappa shape index (κ3) is 8.60. The molecule has 1 N–H and O–H groups in total. The van der Waals surface area contributed by atoms with Gasteiger partial charge >= 0.3 is 0 Å². The molecule has 0 aliphatic heterocycles. The topological polar surface area (TPSA) is 21.3 Å². The minimum atomic E-state index is 0.511. The molecule has 0 aromatic rings. The maximum Gasteiger partial charge on any atom is 0.0623 e. The molecule has 0 aliphatic rings. The zero-order chi connectivity index (χ0) is 10.1. The molecule has 0 aromatic carbocycles. The number of thioether (sulfide) groups is 1. The summed E-state index contributed by atoms with van der Waals surface area (Å²) in [6.45, 7) is 8.56. The summed E-state index contributed by atoms with van der Waals surface area (Å²) in [6.07, 6.45) is 1.19. The second kappa shape index (κ2) is 8.85. The van der Waals surface area contributed by atoms with Crippen molar-refractivity contribution in [3.63, 3.8) is 0 Å². The normalized spacial score (nSPS) is 13.6. The van der Waals surface area contributed by atoms with Gasteiger partial charge in [-0.05, 0) is 18.2 Å². The van der Waals surface area contributed by atoms with Crippen LogP contribution in [0.3, 0.4) is 0 Å². The Morgan fingerprint density at radius 1 is 1.38 bits per heavy atom. The van der Waals surface area contributed by atoms with E-state index < -0.39 is 0 Å². The predicted molar refractivity (Wildman–Crippen MR) is 61.6 cm³/mol. The number of nitrogens with one attached hydrogen (secondary N) is 1. The molecule has 0 radical (unpaired) electrons. The van der Waals surface area contributed by atoms with E-state index in [1.54, 1.807) is 7.11 Å². The zero-order valence-electron chi connectivity index (χ0n) is 9.30. The Bertz CT molecular complexity index is 109. The van der Waals surface area contributed by atoms with Crippen molar-refractivity contribution in [2.75, 3.05) is 26.0 Å². The number of hydrogen-bond acceptors (Lipinski definition) is 3. The highest BCUT2D eigenvalue weighted by Gasteiger charge is 2.07. The summed E-state index contributed by atoms with van der Waals surface area (Å²) in [6, 6.07) is 0.511. The van der Waals surface area contributed by atoms with Gasteiger partial charge in [-0.2, -0.15) is 11.8 Å². The van der Waals surface area contributed by atoms with E-state index in [4.69, 9.17) is 4.74 Å². The highest BCUT2D eigenvalue weighted by molar-refractivity contribution is 7.99. The smallest absolute Gasteiger partial charge is 0.0623 e. The summed E-state index contributed by atoms with van der Waals surface area (Å²) >= 11 is 1.99. The lowest BCUT2D eigenvalue weighted by Gasteiger charge is -2.18. The van der Waals surface area contributed by atoms with Crippen molar-refractivity contribution in [2.45, 2.75) is 38.5 Å². The maximum atomic E-state index is 5.16. The van der Waals surface area contributed by atoms with Crippen LogP contribution in [-0.2, 0) is 4.74 Å². The highest BCUT2D eigenvalue weighted by Crippen LogP contribution is 2.10. The van der Waals surface area contributed by atoms with E-state index in [0.29, 0.717) is 11.3 Å². The molecule has 0 heterocycles. The molecule has 80 valence electrons. The molecular weight excluding hydrogens is 182 g/mol. The second-order valence-electron chi connectivity index (χ2n) is 3.49.